The van der Waals surface area contributed by atoms with Gasteiger partial charge in [0.1, 0.15) is 23.0 Å². The minimum absolute atomic E-state index is 0.0820. The second kappa shape index (κ2) is 19.1. The number of hydrogen-bond donors (Lipinski definition) is 1. The molecule has 0 spiro atoms. The van der Waals surface area contributed by atoms with Gasteiger partial charge in [0.15, 0.2) is 0 Å². The molecule has 4 aromatic carbocycles. The zero-order chi connectivity index (χ0) is 37.8. The Morgan fingerprint density at radius 3 is 1.60 bits per heavy atom. The van der Waals surface area contributed by atoms with Crippen LogP contribution in [0.15, 0.2) is 103 Å². The van der Waals surface area contributed by atoms with Crippen LogP contribution in [0.3, 0.4) is 0 Å². The molecule has 0 aromatic heterocycles. The molecule has 0 amide bonds. The number of benzene rings is 4. The highest BCUT2D eigenvalue weighted by Gasteiger charge is 2.30. The molecule has 1 aliphatic rings. The van der Waals surface area contributed by atoms with E-state index in [1.165, 1.54) is 44.1 Å². The van der Waals surface area contributed by atoms with E-state index in [1.54, 1.807) is 0 Å². The summed E-state index contributed by atoms with van der Waals surface area (Å²) in [5.41, 5.74) is 13.9. The number of allylic oxidation sites excluding steroid dienone is 3. The van der Waals surface area contributed by atoms with Crippen molar-refractivity contribution in [3.63, 3.8) is 0 Å². The molecule has 0 aliphatic heterocycles. The monoisotopic (exact) mass is 713 g/mol. The molecule has 0 heterocycles. The summed E-state index contributed by atoms with van der Waals surface area (Å²) in [6.45, 7) is 15.7. The van der Waals surface area contributed by atoms with Crippen molar-refractivity contribution in [1.29, 1.82) is 0 Å². The predicted octanol–water partition coefficient (Wildman–Crippen LogP) is 14.1. The first-order chi connectivity index (χ1) is 25.6. The van der Waals surface area contributed by atoms with E-state index in [0.29, 0.717) is 5.92 Å². The first-order valence-corrected chi connectivity index (χ1v) is 20.3. The van der Waals surface area contributed by atoms with Gasteiger partial charge in [-0.2, -0.15) is 0 Å². The standard InChI is InChI=1S/C49H63NO3/c1-8-12-14-18-40(10-3)51-42-25-21-36(22-26-42)38-31-39(37-23-27-43(28-24-37)52-41(11-4)19-15-13-9-2)33-45(32-38)53-44-29-30-47-46(34-44)48(50)20-16-17-35(5)49(47,6)7/h16-17,20-35,40-41H,8-15,18-19,50H2,1-7H3/b17-16-,48-20-. The van der Waals surface area contributed by atoms with E-state index in [9.17, 15) is 0 Å². The molecular weight excluding hydrogens is 651 g/mol. The largest absolute Gasteiger partial charge is 0.490 e. The van der Waals surface area contributed by atoms with E-state index >= 15 is 0 Å². The second-order valence-corrected chi connectivity index (χ2v) is 15.4. The molecule has 1 aliphatic carbocycles. The van der Waals surface area contributed by atoms with E-state index in [2.05, 4.69) is 146 Å². The van der Waals surface area contributed by atoms with Crippen molar-refractivity contribution in [3.8, 4) is 45.3 Å². The Labute approximate surface area is 320 Å². The fraction of sp³-hybridized carbons (Fsp3) is 0.429. The van der Waals surface area contributed by atoms with Gasteiger partial charge in [-0.25, -0.2) is 0 Å². The van der Waals surface area contributed by atoms with Gasteiger partial charge in [-0.1, -0.05) is 117 Å². The summed E-state index contributed by atoms with van der Waals surface area (Å²) < 4.78 is 19.5. The van der Waals surface area contributed by atoms with Gasteiger partial charge in [0, 0.05) is 11.3 Å². The number of rotatable bonds is 18. The van der Waals surface area contributed by atoms with E-state index in [1.807, 2.05) is 6.08 Å². The molecule has 53 heavy (non-hydrogen) atoms. The molecule has 282 valence electrons. The lowest BCUT2D eigenvalue weighted by Gasteiger charge is -2.33. The van der Waals surface area contributed by atoms with Gasteiger partial charge in [-0.3, -0.25) is 0 Å². The Bertz CT molecular complexity index is 1720. The van der Waals surface area contributed by atoms with Crippen LogP contribution in [0.1, 0.15) is 124 Å². The minimum atomic E-state index is -0.0820. The zero-order valence-corrected chi connectivity index (χ0v) is 33.4. The van der Waals surface area contributed by atoms with Crippen molar-refractivity contribution in [2.75, 3.05) is 0 Å². The van der Waals surface area contributed by atoms with E-state index < -0.39 is 0 Å². The van der Waals surface area contributed by atoms with Gasteiger partial charge in [0.2, 0.25) is 0 Å². The quantitative estimate of drug-likeness (QED) is 0.104. The molecule has 4 nitrogen and oxygen atoms in total. The Hall–Kier alpha value is -4.44. The first-order valence-electron chi connectivity index (χ1n) is 20.3. The van der Waals surface area contributed by atoms with Crippen LogP contribution in [0.25, 0.3) is 28.0 Å². The molecule has 0 saturated heterocycles. The lowest BCUT2D eigenvalue weighted by molar-refractivity contribution is 0.182. The molecular formula is C49H63NO3. The van der Waals surface area contributed by atoms with Crippen molar-refractivity contribution >= 4 is 5.70 Å². The molecule has 3 atom stereocenters. The number of nitrogens with two attached hydrogens (primary N) is 1. The Morgan fingerprint density at radius 1 is 0.604 bits per heavy atom. The Morgan fingerprint density at radius 2 is 1.11 bits per heavy atom. The predicted molar refractivity (Wildman–Crippen MR) is 225 cm³/mol. The van der Waals surface area contributed by atoms with Crippen LogP contribution in [0.5, 0.6) is 23.0 Å². The van der Waals surface area contributed by atoms with E-state index in [4.69, 9.17) is 19.9 Å². The van der Waals surface area contributed by atoms with Gasteiger partial charge in [0.05, 0.1) is 12.2 Å². The minimum Gasteiger partial charge on any atom is -0.490 e. The van der Waals surface area contributed by atoms with Crippen LogP contribution in [-0.4, -0.2) is 12.2 Å². The summed E-state index contributed by atoms with van der Waals surface area (Å²) >= 11 is 0. The third-order valence-electron chi connectivity index (χ3n) is 11.1. The van der Waals surface area contributed by atoms with Crippen LogP contribution >= 0.6 is 0 Å². The number of ether oxygens (including phenoxy) is 3. The van der Waals surface area contributed by atoms with Crippen LogP contribution in [0, 0.1) is 5.92 Å². The SMILES string of the molecule is CCCCCC(CC)Oc1ccc(-c2cc(Oc3ccc4c(c3)/C(N)=C/C=C\C(C)C4(C)C)cc(-c3ccc(OC(CC)CCCCC)cc3)c2)cc1. The molecule has 3 unspecified atom stereocenters. The average Bonchev–Trinajstić information content (AvgIpc) is 3.17. The summed E-state index contributed by atoms with van der Waals surface area (Å²) in [5.74, 6) is 3.71. The Balaban J connectivity index is 1.46. The third kappa shape index (κ3) is 10.6. The maximum atomic E-state index is 6.71. The third-order valence-corrected chi connectivity index (χ3v) is 11.1. The maximum absolute atomic E-state index is 6.71. The topological polar surface area (TPSA) is 53.7 Å². The van der Waals surface area contributed by atoms with Crippen LogP contribution in [-0.2, 0) is 5.41 Å². The fourth-order valence-electron chi connectivity index (χ4n) is 7.19. The van der Waals surface area contributed by atoms with Gasteiger partial charge >= 0.3 is 0 Å². The van der Waals surface area contributed by atoms with Crippen molar-refractivity contribution in [2.45, 2.75) is 130 Å². The summed E-state index contributed by atoms with van der Waals surface area (Å²) in [5, 5.41) is 0. The summed E-state index contributed by atoms with van der Waals surface area (Å²) in [6, 6.07) is 29.9. The van der Waals surface area contributed by atoms with Crippen molar-refractivity contribution in [2.24, 2.45) is 11.7 Å². The highest BCUT2D eigenvalue weighted by atomic mass is 16.5. The van der Waals surface area contributed by atoms with E-state index in [-0.39, 0.29) is 17.6 Å². The highest BCUT2D eigenvalue weighted by Crippen LogP contribution is 2.41. The number of unbranched alkanes of at least 4 members (excludes halogenated alkanes) is 4. The lowest BCUT2D eigenvalue weighted by Crippen LogP contribution is -2.27. The van der Waals surface area contributed by atoms with Crippen LogP contribution in [0.4, 0.5) is 0 Å². The Kier molecular flexibility index (Phi) is 14.3. The van der Waals surface area contributed by atoms with Crippen LogP contribution < -0.4 is 19.9 Å². The number of fused-ring (bicyclic) bond motifs is 1. The van der Waals surface area contributed by atoms with Gasteiger partial charge < -0.3 is 19.9 Å². The molecule has 0 saturated carbocycles. The molecule has 4 aromatic rings. The second-order valence-electron chi connectivity index (χ2n) is 15.4. The molecule has 0 bridgehead atoms. The summed E-state index contributed by atoms with van der Waals surface area (Å²) in [4.78, 5) is 0. The van der Waals surface area contributed by atoms with Crippen molar-refractivity contribution in [1.82, 2.24) is 0 Å². The van der Waals surface area contributed by atoms with Gasteiger partial charge in [-0.15, -0.1) is 0 Å². The normalized spacial score (nSPS) is 17.7. The van der Waals surface area contributed by atoms with Gasteiger partial charge in [-0.05, 0) is 138 Å². The average molecular weight is 714 g/mol. The van der Waals surface area contributed by atoms with Crippen molar-refractivity contribution < 1.29 is 14.2 Å². The zero-order valence-electron chi connectivity index (χ0n) is 33.4. The lowest BCUT2D eigenvalue weighted by atomic mass is 9.71. The highest BCUT2D eigenvalue weighted by molar-refractivity contribution is 5.76. The summed E-state index contributed by atoms with van der Waals surface area (Å²) in [7, 11) is 0. The molecule has 4 heteroatoms. The molecule has 0 fully saturated rings. The molecule has 0 radical (unpaired) electrons. The van der Waals surface area contributed by atoms with E-state index in [0.717, 1.165) is 82.2 Å². The first kappa shape index (κ1) is 39.8. The molecule has 2 N–H and O–H groups in total. The fourth-order valence-corrected chi connectivity index (χ4v) is 7.19. The number of hydrogen-bond acceptors (Lipinski definition) is 4. The smallest absolute Gasteiger partial charge is 0.128 e. The molecule has 5 rings (SSSR count). The maximum Gasteiger partial charge on any atom is 0.128 e. The van der Waals surface area contributed by atoms with Gasteiger partial charge in [0.25, 0.3) is 0 Å². The summed E-state index contributed by atoms with van der Waals surface area (Å²) in [6.07, 6.45) is 18.3. The van der Waals surface area contributed by atoms with Crippen molar-refractivity contribution in [3.05, 3.63) is 114 Å². The van der Waals surface area contributed by atoms with Crippen LogP contribution in [0.2, 0.25) is 0 Å².